The molecule has 1 N–H and O–H groups in total. The minimum Gasteiger partial charge on any atom is -0.461 e. The van der Waals surface area contributed by atoms with E-state index in [-0.39, 0.29) is 18.1 Å². The molecular weight excluding hydrogens is 313 g/mol. The van der Waals surface area contributed by atoms with E-state index in [4.69, 9.17) is 0 Å². The Morgan fingerprint density at radius 2 is 2.09 bits per heavy atom. The van der Waals surface area contributed by atoms with Crippen LogP contribution in [-0.4, -0.2) is 40.5 Å². The van der Waals surface area contributed by atoms with Gasteiger partial charge in [-0.05, 0) is 20.3 Å². The SMILES string of the molecule is CCOC(=O)c1cc2n(n1)[C@@H](C(F)(F)C(F)(F)F)C[C@@H](C)N2. The minimum atomic E-state index is -5.71. The topological polar surface area (TPSA) is 56.2 Å². The number of alkyl halides is 5. The third kappa shape index (κ3) is 2.73. The van der Waals surface area contributed by atoms with Gasteiger partial charge in [-0.3, -0.25) is 0 Å². The lowest BCUT2D eigenvalue weighted by Crippen LogP contribution is -2.48. The van der Waals surface area contributed by atoms with Crippen LogP contribution in [0.15, 0.2) is 6.07 Å². The van der Waals surface area contributed by atoms with Crippen molar-refractivity contribution in [3.05, 3.63) is 11.8 Å². The summed E-state index contributed by atoms with van der Waals surface area (Å²) in [6.45, 7) is 3.04. The van der Waals surface area contributed by atoms with Gasteiger partial charge in [0.25, 0.3) is 0 Å². The Bertz CT molecular complexity index is 570. The predicted octanol–water partition coefficient (Wildman–Crippen LogP) is 3.00. The summed E-state index contributed by atoms with van der Waals surface area (Å²) in [6, 6.07) is -1.74. The number of halogens is 5. The number of esters is 1. The number of aromatic nitrogens is 2. The molecule has 1 aromatic heterocycles. The lowest BCUT2D eigenvalue weighted by atomic mass is 9.99. The average Bonchev–Trinajstić information content (AvgIpc) is 2.80. The molecule has 0 saturated carbocycles. The van der Waals surface area contributed by atoms with E-state index >= 15 is 0 Å². The fraction of sp³-hybridized carbons (Fsp3) is 0.667. The predicted molar refractivity (Wildman–Crippen MR) is 65.9 cm³/mol. The van der Waals surface area contributed by atoms with Crippen LogP contribution < -0.4 is 5.32 Å². The fourth-order valence-corrected chi connectivity index (χ4v) is 2.28. The molecular formula is C12H14F5N3O2. The number of hydrogen-bond donors (Lipinski definition) is 1. The van der Waals surface area contributed by atoms with Gasteiger partial charge >= 0.3 is 18.1 Å². The van der Waals surface area contributed by atoms with Gasteiger partial charge in [-0.1, -0.05) is 0 Å². The molecule has 0 aliphatic carbocycles. The van der Waals surface area contributed by atoms with E-state index in [1.807, 2.05) is 0 Å². The molecule has 0 fully saturated rings. The van der Waals surface area contributed by atoms with Gasteiger partial charge < -0.3 is 10.1 Å². The molecule has 0 unspecified atom stereocenters. The smallest absolute Gasteiger partial charge is 0.455 e. The van der Waals surface area contributed by atoms with Crippen molar-refractivity contribution in [2.75, 3.05) is 11.9 Å². The maximum atomic E-state index is 13.7. The largest absolute Gasteiger partial charge is 0.461 e. The van der Waals surface area contributed by atoms with E-state index in [0.717, 1.165) is 6.07 Å². The van der Waals surface area contributed by atoms with E-state index in [9.17, 15) is 26.7 Å². The summed E-state index contributed by atoms with van der Waals surface area (Å²) >= 11 is 0. The molecule has 22 heavy (non-hydrogen) atoms. The van der Waals surface area contributed by atoms with Gasteiger partial charge in [0.1, 0.15) is 11.9 Å². The Hall–Kier alpha value is -1.87. The standard InChI is InChI=1S/C12H14F5N3O2/c1-3-22-10(21)7-5-9-18-6(2)4-8(20(9)19-7)11(13,14)12(15,16)17/h5-6,8,18H,3-4H2,1-2H3/t6-,8-/m1/s1. The summed E-state index contributed by atoms with van der Waals surface area (Å²) in [5.74, 6) is -5.92. The molecule has 10 heteroatoms. The molecule has 0 saturated heterocycles. The van der Waals surface area contributed by atoms with E-state index < -0.39 is 36.6 Å². The molecule has 5 nitrogen and oxygen atoms in total. The highest BCUT2D eigenvalue weighted by atomic mass is 19.4. The first-order valence-electron chi connectivity index (χ1n) is 6.55. The van der Waals surface area contributed by atoms with Crippen molar-refractivity contribution in [2.24, 2.45) is 0 Å². The van der Waals surface area contributed by atoms with Crippen LogP contribution in [-0.2, 0) is 4.74 Å². The number of ether oxygens (including phenoxy) is 1. The number of nitrogens with one attached hydrogen (secondary N) is 1. The van der Waals surface area contributed by atoms with Crippen molar-refractivity contribution >= 4 is 11.8 Å². The van der Waals surface area contributed by atoms with Crippen molar-refractivity contribution < 1.29 is 31.5 Å². The maximum Gasteiger partial charge on any atom is 0.455 e. The van der Waals surface area contributed by atoms with Crippen LogP contribution >= 0.6 is 0 Å². The number of rotatable bonds is 3. The Morgan fingerprint density at radius 3 is 2.64 bits per heavy atom. The summed E-state index contributed by atoms with van der Waals surface area (Å²) in [7, 11) is 0. The first-order chi connectivity index (χ1) is 10.1. The summed E-state index contributed by atoms with van der Waals surface area (Å²) in [4.78, 5) is 11.6. The highest BCUT2D eigenvalue weighted by Gasteiger charge is 2.64. The number of carbonyl (C=O) groups is 1. The van der Waals surface area contributed by atoms with Crippen molar-refractivity contribution in [3.63, 3.8) is 0 Å². The van der Waals surface area contributed by atoms with Gasteiger partial charge in [0.15, 0.2) is 5.69 Å². The quantitative estimate of drug-likeness (QED) is 0.685. The van der Waals surface area contributed by atoms with Gasteiger partial charge in [-0.25, -0.2) is 9.48 Å². The molecule has 0 bridgehead atoms. The molecule has 2 heterocycles. The Morgan fingerprint density at radius 1 is 1.45 bits per heavy atom. The maximum absolute atomic E-state index is 13.7. The van der Waals surface area contributed by atoms with Crippen molar-refractivity contribution in [3.8, 4) is 0 Å². The highest BCUT2D eigenvalue weighted by Crippen LogP contribution is 2.47. The molecule has 124 valence electrons. The summed E-state index contributed by atoms with van der Waals surface area (Å²) in [6.07, 6.45) is -6.19. The van der Waals surface area contributed by atoms with Gasteiger partial charge in [0.05, 0.1) is 6.61 Å². The van der Waals surface area contributed by atoms with Crippen LogP contribution in [0, 0.1) is 0 Å². The van der Waals surface area contributed by atoms with Crippen molar-refractivity contribution in [1.29, 1.82) is 0 Å². The van der Waals surface area contributed by atoms with E-state index in [2.05, 4.69) is 15.2 Å². The van der Waals surface area contributed by atoms with Crippen LogP contribution in [0.1, 0.15) is 36.8 Å². The first kappa shape index (κ1) is 16.5. The number of fused-ring (bicyclic) bond motifs is 1. The van der Waals surface area contributed by atoms with Crippen LogP contribution in [0.5, 0.6) is 0 Å². The van der Waals surface area contributed by atoms with E-state index in [1.165, 1.54) is 13.8 Å². The second-order valence-electron chi connectivity index (χ2n) is 5.00. The molecule has 1 aromatic rings. The molecule has 2 atom stereocenters. The molecule has 0 aromatic carbocycles. The van der Waals surface area contributed by atoms with E-state index in [0.29, 0.717) is 4.68 Å². The summed E-state index contributed by atoms with van der Waals surface area (Å²) in [5, 5.41) is 6.29. The average molecular weight is 327 g/mol. The van der Waals surface area contributed by atoms with Crippen LogP contribution in [0.25, 0.3) is 0 Å². The molecule has 2 rings (SSSR count). The van der Waals surface area contributed by atoms with Crippen LogP contribution in [0.4, 0.5) is 27.8 Å². The van der Waals surface area contributed by atoms with Crippen LogP contribution in [0.2, 0.25) is 0 Å². The molecule has 0 radical (unpaired) electrons. The van der Waals surface area contributed by atoms with E-state index in [1.54, 1.807) is 0 Å². The zero-order valence-electron chi connectivity index (χ0n) is 11.7. The lowest BCUT2D eigenvalue weighted by molar-refractivity contribution is -0.301. The van der Waals surface area contributed by atoms with Gasteiger partial charge in [-0.15, -0.1) is 0 Å². The Kier molecular flexibility index (Phi) is 4.05. The zero-order valence-corrected chi connectivity index (χ0v) is 11.7. The first-order valence-corrected chi connectivity index (χ1v) is 6.55. The fourth-order valence-electron chi connectivity index (χ4n) is 2.28. The number of carbonyl (C=O) groups excluding carboxylic acids is 1. The summed E-state index contributed by atoms with van der Waals surface area (Å²) in [5.41, 5.74) is -0.318. The second kappa shape index (κ2) is 5.40. The van der Waals surface area contributed by atoms with Crippen LogP contribution in [0.3, 0.4) is 0 Å². The minimum absolute atomic E-state index is 0.0347. The number of nitrogens with zero attached hydrogens (tertiary/aromatic N) is 2. The monoisotopic (exact) mass is 327 g/mol. The molecule has 0 spiro atoms. The molecule has 1 aliphatic rings. The van der Waals surface area contributed by atoms with Gasteiger partial charge in [0.2, 0.25) is 0 Å². The number of anilines is 1. The normalized spacial score (nSPS) is 22.0. The zero-order chi connectivity index (χ0) is 16.7. The summed E-state index contributed by atoms with van der Waals surface area (Å²) < 4.78 is 70.4. The Labute approximate surface area is 122 Å². The molecule has 0 amide bonds. The lowest BCUT2D eigenvalue weighted by Gasteiger charge is -2.35. The number of hydrogen-bond acceptors (Lipinski definition) is 4. The van der Waals surface area contributed by atoms with Crippen molar-refractivity contribution in [2.45, 2.75) is 44.5 Å². The third-order valence-electron chi connectivity index (χ3n) is 3.28. The second-order valence-corrected chi connectivity index (χ2v) is 5.00. The third-order valence-corrected chi connectivity index (χ3v) is 3.28. The van der Waals surface area contributed by atoms with Gasteiger partial charge in [0, 0.05) is 12.1 Å². The van der Waals surface area contributed by atoms with Gasteiger partial charge in [-0.2, -0.15) is 27.1 Å². The molecule has 1 aliphatic heterocycles. The highest BCUT2D eigenvalue weighted by molar-refractivity contribution is 5.88. The van der Waals surface area contributed by atoms with Crippen molar-refractivity contribution in [1.82, 2.24) is 9.78 Å². The Balaban J connectivity index is 2.43.